The number of phenolic OH excluding ortho intramolecular Hbond substituents is 2. The first-order valence-corrected chi connectivity index (χ1v) is 14.4. The maximum atomic E-state index is 9.12. The van der Waals surface area contributed by atoms with Gasteiger partial charge in [0.05, 0.1) is 6.61 Å². The first-order chi connectivity index (χ1) is 18.0. The fourth-order valence-electron chi connectivity index (χ4n) is 3.41. The lowest BCUT2D eigenvalue weighted by Gasteiger charge is -2.07. The molecule has 0 bridgehead atoms. The summed E-state index contributed by atoms with van der Waals surface area (Å²) in [6.07, 6.45) is 6.38. The first-order valence-electron chi connectivity index (χ1n) is 12.7. The zero-order chi connectivity index (χ0) is 26.3. The van der Waals surface area contributed by atoms with Gasteiger partial charge in [-0.05, 0) is 98.3 Å². The highest BCUT2D eigenvalue weighted by Crippen LogP contribution is 2.30. The quantitative estimate of drug-likeness (QED) is 0.188. The molecule has 2 N–H and O–H groups in total. The van der Waals surface area contributed by atoms with Crippen molar-refractivity contribution in [2.45, 2.75) is 65.5 Å². The Kier molecular flexibility index (Phi) is 12.3. The third kappa shape index (κ3) is 11.3. The second kappa shape index (κ2) is 16.0. The summed E-state index contributed by atoms with van der Waals surface area (Å²) in [6.45, 7) is 5.18. The van der Waals surface area contributed by atoms with Crippen LogP contribution in [0.2, 0.25) is 0 Å². The highest BCUT2D eigenvalue weighted by atomic mass is 32.2. The Morgan fingerprint density at radius 3 is 1.41 bits per heavy atom. The average molecular weight is 533 g/mol. The van der Waals surface area contributed by atoms with E-state index >= 15 is 0 Å². The van der Waals surface area contributed by atoms with E-state index in [1.165, 1.54) is 41.0 Å². The average Bonchev–Trinajstić information content (AvgIpc) is 2.91. The lowest BCUT2D eigenvalue weighted by molar-refractivity contribution is 0.304. The van der Waals surface area contributed by atoms with E-state index < -0.39 is 0 Å². The molecular formula is C32H36O3S2. The predicted molar refractivity (Wildman–Crippen MR) is 156 cm³/mol. The fraction of sp³-hybridized carbons (Fsp3) is 0.250. The van der Waals surface area contributed by atoms with Crippen molar-refractivity contribution in [1.82, 2.24) is 0 Å². The summed E-state index contributed by atoms with van der Waals surface area (Å²) in [5.41, 5.74) is 1.30. The van der Waals surface area contributed by atoms with Crippen LogP contribution in [-0.2, 0) is 0 Å². The summed E-state index contributed by atoms with van der Waals surface area (Å²) in [5.74, 6) is 1.51. The van der Waals surface area contributed by atoms with E-state index in [9.17, 15) is 0 Å². The molecule has 0 aliphatic carbocycles. The molecule has 3 nitrogen and oxygen atoms in total. The number of phenols is 2. The molecule has 0 saturated carbocycles. The van der Waals surface area contributed by atoms with Crippen LogP contribution in [0.5, 0.6) is 17.2 Å². The summed E-state index contributed by atoms with van der Waals surface area (Å²) in [5, 5.41) is 18.2. The molecule has 0 heterocycles. The molecule has 0 saturated heterocycles. The van der Waals surface area contributed by atoms with Crippen LogP contribution in [0, 0.1) is 6.92 Å². The summed E-state index contributed by atoms with van der Waals surface area (Å²) in [7, 11) is 0. The third-order valence-electron chi connectivity index (χ3n) is 5.51. The minimum atomic E-state index is 0.269. The maximum Gasteiger partial charge on any atom is 0.119 e. The van der Waals surface area contributed by atoms with Gasteiger partial charge in [0.2, 0.25) is 0 Å². The van der Waals surface area contributed by atoms with E-state index in [-0.39, 0.29) is 11.5 Å². The zero-order valence-electron chi connectivity index (χ0n) is 21.6. The molecule has 0 atom stereocenters. The van der Waals surface area contributed by atoms with E-state index in [1.807, 2.05) is 24.3 Å². The summed E-state index contributed by atoms with van der Waals surface area (Å²) < 4.78 is 5.80. The molecule has 0 amide bonds. The Morgan fingerprint density at radius 2 is 0.946 bits per heavy atom. The van der Waals surface area contributed by atoms with Crippen molar-refractivity contribution >= 4 is 23.5 Å². The van der Waals surface area contributed by atoms with Crippen molar-refractivity contribution in [1.29, 1.82) is 0 Å². The second-order valence-corrected chi connectivity index (χ2v) is 11.0. The van der Waals surface area contributed by atoms with Gasteiger partial charge >= 0.3 is 0 Å². The molecule has 0 radical (unpaired) electrons. The van der Waals surface area contributed by atoms with Crippen LogP contribution in [0.1, 0.15) is 44.6 Å². The van der Waals surface area contributed by atoms with Gasteiger partial charge in [-0.15, -0.1) is 0 Å². The predicted octanol–water partition coefficient (Wildman–Crippen LogP) is 9.74. The van der Waals surface area contributed by atoms with E-state index in [2.05, 4.69) is 62.4 Å². The maximum absolute atomic E-state index is 9.12. The molecule has 0 aliphatic rings. The lowest BCUT2D eigenvalue weighted by atomic mass is 10.2. The van der Waals surface area contributed by atoms with Crippen LogP contribution in [0.3, 0.4) is 0 Å². The Balaban J connectivity index is 0.000000220. The molecule has 4 aromatic carbocycles. The Morgan fingerprint density at radius 1 is 0.541 bits per heavy atom. The molecule has 4 rings (SSSR count). The summed E-state index contributed by atoms with van der Waals surface area (Å²) in [6, 6.07) is 31.1. The van der Waals surface area contributed by atoms with Crippen molar-refractivity contribution in [3.63, 3.8) is 0 Å². The smallest absolute Gasteiger partial charge is 0.119 e. The van der Waals surface area contributed by atoms with Crippen LogP contribution in [0.25, 0.3) is 0 Å². The Hall–Kier alpha value is -3.02. The minimum Gasteiger partial charge on any atom is -0.508 e. The lowest BCUT2D eigenvalue weighted by Crippen LogP contribution is -1.97. The van der Waals surface area contributed by atoms with Gasteiger partial charge in [0, 0.05) is 19.6 Å². The Labute approximate surface area is 229 Å². The second-order valence-electron chi connectivity index (χ2n) is 8.74. The van der Waals surface area contributed by atoms with Crippen LogP contribution in [-0.4, -0.2) is 16.8 Å². The van der Waals surface area contributed by atoms with Crippen LogP contribution in [0.15, 0.2) is 117 Å². The van der Waals surface area contributed by atoms with Crippen molar-refractivity contribution in [2.75, 3.05) is 6.61 Å². The largest absolute Gasteiger partial charge is 0.508 e. The highest BCUT2D eigenvalue weighted by Gasteiger charge is 2.00. The third-order valence-corrected chi connectivity index (χ3v) is 7.54. The molecular weight excluding hydrogens is 496 g/mol. The van der Waals surface area contributed by atoms with Gasteiger partial charge in [0.15, 0.2) is 0 Å². The normalized spacial score (nSPS) is 10.4. The molecule has 194 valence electrons. The molecule has 5 heteroatoms. The fourth-order valence-corrected chi connectivity index (χ4v) is 5.04. The number of ether oxygens (including phenoxy) is 1. The summed E-state index contributed by atoms with van der Waals surface area (Å²) in [4.78, 5) is 4.63. The van der Waals surface area contributed by atoms with Gasteiger partial charge < -0.3 is 14.9 Å². The molecule has 0 unspecified atom stereocenters. The highest BCUT2D eigenvalue weighted by molar-refractivity contribution is 7.99. The van der Waals surface area contributed by atoms with Gasteiger partial charge in [0.25, 0.3) is 0 Å². The van der Waals surface area contributed by atoms with E-state index in [0.29, 0.717) is 0 Å². The number of aryl methyl sites for hydroxylation is 1. The van der Waals surface area contributed by atoms with E-state index in [0.717, 1.165) is 28.6 Å². The monoisotopic (exact) mass is 532 g/mol. The van der Waals surface area contributed by atoms with E-state index in [4.69, 9.17) is 14.9 Å². The molecule has 0 spiro atoms. The summed E-state index contributed by atoms with van der Waals surface area (Å²) >= 11 is 3.37. The van der Waals surface area contributed by atoms with Gasteiger partial charge in [-0.25, -0.2) is 0 Å². The zero-order valence-corrected chi connectivity index (χ0v) is 23.2. The van der Waals surface area contributed by atoms with Crippen molar-refractivity contribution in [3.05, 3.63) is 103 Å². The number of aromatic hydroxyl groups is 2. The van der Waals surface area contributed by atoms with Gasteiger partial charge in [-0.3, -0.25) is 0 Å². The van der Waals surface area contributed by atoms with Crippen molar-refractivity contribution < 1.29 is 14.9 Å². The van der Waals surface area contributed by atoms with Gasteiger partial charge in [-0.1, -0.05) is 73.8 Å². The van der Waals surface area contributed by atoms with Crippen LogP contribution in [0.4, 0.5) is 0 Å². The van der Waals surface area contributed by atoms with Gasteiger partial charge in [-0.2, -0.15) is 0 Å². The van der Waals surface area contributed by atoms with Crippen molar-refractivity contribution in [2.24, 2.45) is 0 Å². The molecule has 4 aromatic rings. The number of hydrogen-bond acceptors (Lipinski definition) is 5. The molecule has 0 aliphatic heterocycles. The van der Waals surface area contributed by atoms with Crippen molar-refractivity contribution in [3.8, 4) is 17.2 Å². The Bertz CT molecular complexity index is 1110. The number of benzene rings is 4. The topological polar surface area (TPSA) is 49.7 Å². The first kappa shape index (κ1) is 28.5. The van der Waals surface area contributed by atoms with E-state index in [1.54, 1.807) is 47.8 Å². The number of hydrogen-bond donors (Lipinski definition) is 2. The van der Waals surface area contributed by atoms with Crippen LogP contribution < -0.4 is 4.74 Å². The van der Waals surface area contributed by atoms with Crippen LogP contribution >= 0.6 is 23.5 Å². The number of unbranched alkanes of at least 4 members (excludes halogenated alkanes) is 4. The molecule has 37 heavy (non-hydrogen) atoms. The standard InChI is InChI=1S/C20H26OS.C12H10O2S/c1-3-4-5-6-7-16-21-18-10-14-20(15-11-18)22-19-12-8-17(2)9-13-19;13-9-1-5-11(6-2-9)15-12-7-3-10(14)4-8-12/h8-15H,3-7,16H2,1-2H3;1-8,13-14H. The SMILES string of the molecule is CCCCCCCOc1ccc(Sc2ccc(C)cc2)cc1.Oc1ccc(Sc2ccc(O)cc2)cc1. The number of rotatable bonds is 11. The molecule has 0 fully saturated rings. The molecule has 0 aromatic heterocycles. The van der Waals surface area contributed by atoms with Gasteiger partial charge in [0.1, 0.15) is 17.2 Å². The minimum absolute atomic E-state index is 0.269.